The molecule has 0 spiro atoms. The lowest BCUT2D eigenvalue weighted by atomic mass is 9.92. The van der Waals surface area contributed by atoms with E-state index in [1.165, 1.54) is 0 Å². The molecule has 4 nitrogen and oxygen atoms in total. The van der Waals surface area contributed by atoms with Gasteiger partial charge in [0.05, 0.1) is 6.42 Å². The average Bonchev–Trinajstić information content (AvgIpc) is 2.72. The minimum Gasteiger partial charge on any atom is -0.480 e. The van der Waals surface area contributed by atoms with Crippen LogP contribution in [-0.4, -0.2) is 23.0 Å². The van der Waals surface area contributed by atoms with Crippen molar-refractivity contribution in [3.05, 3.63) is 95.6 Å². The highest BCUT2D eigenvalue weighted by atomic mass is 19.1. The molecule has 0 saturated heterocycles. The zero-order valence-electron chi connectivity index (χ0n) is 16.4. The van der Waals surface area contributed by atoms with Crippen molar-refractivity contribution in [2.24, 2.45) is 0 Å². The normalized spacial score (nSPS) is 12.1. The molecular formula is C25H19F2NO3. The highest BCUT2D eigenvalue weighted by molar-refractivity contribution is 6.02. The van der Waals surface area contributed by atoms with Gasteiger partial charge in [0.25, 0.3) is 0 Å². The Balaban J connectivity index is 1.64. The molecule has 4 rings (SSSR count). The number of hydrogen-bond acceptors (Lipinski definition) is 2. The van der Waals surface area contributed by atoms with Crippen LogP contribution < -0.4 is 5.32 Å². The number of carboxylic acid groups (broad SMARTS) is 1. The SMILES string of the molecule is O=C(Cc1cc(F)cc(F)c1)N[C@@H](Cc1c2ccccc2cc2ccccc12)C(=O)O. The first-order chi connectivity index (χ1) is 14.9. The standard InChI is InChI=1S/C25H19F2NO3/c26-18-9-15(10-19(27)13-18)11-24(29)28-23(25(30)31)14-22-20-7-3-1-5-16(20)12-17-6-2-4-8-21(17)22/h1-10,12-13,23H,11,14H2,(H,28,29)(H,30,31)/t23-/m0/s1. The van der Waals surface area contributed by atoms with E-state index >= 15 is 0 Å². The van der Waals surface area contributed by atoms with Crippen LogP contribution in [0.4, 0.5) is 8.78 Å². The zero-order valence-corrected chi connectivity index (χ0v) is 16.4. The van der Waals surface area contributed by atoms with Gasteiger partial charge in [-0.25, -0.2) is 13.6 Å². The van der Waals surface area contributed by atoms with Crippen molar-refractivity contribution in [1.82, 2.24) is 5.32 Å². The molecule has 0 aliphatic carbocycles. The number of nitrogens with one attached hydrogen (secondary N) is 1. The van der Waals surface area contributed by atoms with Gasteiger partial charge in [-0.15, -0.1) is 0 Å². The summed E-state index contributed by atoms with van der Waals surface area (Å²) in [5.41, 5.74) is 0.952. The fraction of sp³-hybridized carbons (Fsp3) is 0.120. The summed E-state index contributed by atoms with van der Waals surface area (Å²) in [6, 6.07) is 19.0. The number of rotatable bonds is 6. The highest BCUT2D eigenvalue weighted by Gasteiger charge is 2.23. The van der Waals surface area contributed by atoms with Gasteiger partial charge in [0.1, 0.15) is 17.7 Å². The molecule has 31 heavy (non-hydrogen) atoms. The van der Waals surface area contributed by atoms with E-state index in [2.05, 4.69) is 5.32 Å². The molecule has 0 unspecified atom stereocenters. The summed E-state index contributed by atoms with van der Waals surface area (Å²) in [7, 11) is 0. The molecule has 1 atom stereocenters. The summed E-state index contributed by atoms with van der Waals surface area (Å²) in [5.74, 6) is -3.39. The Morgan fingerprint density at radius 3 is 1.94 bits per heavy atom. The van der Waals surface area contributed by atoms with E-state index in [0.29, 0.717) is 6.07 Å². The molecule has 0 radical (unpaired) electrons. The van der Waals surface area contributed by atoms with Crippen LogP contribution in [0, 0.1) is 11.6 Å². The van der Waals surface area contributed by atoms with Gasteiger partial charge in [0.15, 0.2) is 0 Å². The number of amides is 1. The van der Waals surface area contributed by atoms with Crippen molar-refractivity contribution in [3.63, 3.8) is 0 Å². The van der Waals surface area contributed by atoms with Crippen LogP contribution in [0.5, 0.6) is 0 Å². The second kappa shape index (κ2) is 8.52. The maximum absolute atomic E-state index is 13.4. The second-order valence-electron chi connectivity index (χ2n) is 7.41. The summed E-state index contributed by atoms with van der Waals surface area (Å²) in [4.78, 5) is 24.4. The van der Waals surface area contributed by atoms with Crippen LogP contribution in [0.1, 0.15) is 11.1 Å². The molecule has 4 aromatic rings. The van der Waals surface area contributed by atoms with Crippen LogP contribution in [-0.2, 0) is 22.4 Å². The highest BCUT2D eigenvalue weighted by Crippen LogP contribution is 2.29. The minimum atomic E-state index is -1.19. The number of aliphatic carboxylic acids is 1. The van der Waals surface area contributed by atoms with Gasteiger partial charge < -0.3 is 10.4 Å². The van der Waals surface area contributed by atoms with Crippen molar-refractivity contribution in [1.29, 1.82) is 0 Å². The van der Waals surface area contributed by atoms with Crippen molar-refractivity contribution in [2.75, 3.05) is 0 Å². The molecule has 6 heteroatoms. The predicted molar refractivity (Wildman–Crippen MR) is 115 cm³/mol. The Kier molecular flexibility index (Phi) is 5.62. The molecule has 0 bridgehead atoms. The van der Waals surface area contributed by atoms with Crippen LogP contribution in [0.2, 0.25) is 0 Å². The lowest BCUT2D eigenvalue weighted by Gasteiger charge is -2.18. The largest absolute Gasteiger partial charge is 0.480 e. The summed E-state index contributed by atoms with van der Waals surface area (Å²) in [6.45, 7) is 0. The van der Waals surface area contributed by atoms with Crippen LogP contribution in [0.3, 0.4) is 0 Å². The van der Waals surface area contributed by atoms with Gasteiger partial charge in [-0.05, 0) is 50.9 Å². The molecule has 2 N–H and O–H groups in total. The minimum absolute atomic E-state index is 0.0699. The first-order valence-corrected chi connectivity index (χ1v) is 9.77. The third-order valence-corrected chi connectivity index (χ3v) is 5.21. The number of carboxylic acids is 1. The van der Waals surface area contributed by atoms with Gasteiger partial charge in [-0.2, -0.15) is 0 Å². The Hall–Kier alpha value is -3.80. The summed E-state index contributed by atoms with van der Waals surface area (Å²) in [6.07, 6.45) is -0.255. The molecule has 0 heterocycles. The Labute approximate surface area is 177 Å². The first-order valence-electron chi connectivity index (χ1n) is 9.77. The monoisotopic (exact) mass is 419 g/mol. The second-order valence-corrected chi connectivity index (χ2v) is 7.41. The fourth-order valence-corrected chi connectivity index (χ4v) is 3.88. The van der Waals surface area contributed by atoms with E-state index in [-0.39, 0.29) is 18.4 Å². The van der Waals surface area contributed by atoms with Gasteiger partial charge in [0, 0.05) is 12.5 Å². The van der Waals surface area contributed by atoms with Crippen molar-refractivity contribution in [3.8, 4) is 0 Å². The van der Waals surface area contributed by atoms with E-state index in [9.17, 15) is 23.5 Å². The summed E-state index contributed by atoms with van der Waals surface area (Å²) >= 11 is 0. The smallest absolute Gasteiger partial charge is 0.326 e. The molecule has 1 amide bonds. The fourth-order valence-electron chi connectivity index (χ4n) is 3.88. The number of benzene rings is 4. The van der Waals surface area contributed by atoms with E-state index in [1.807, 2.05) is 54.6 Å². The average molecular weight is 419 g/mol. The van der Waals surface area contributed by atoms with Gasteiger partial charge in [-0.1, -0.05) is 48.5 Å². The Bertz CT molecular complexity index is 1230. The van der Waals surface area contributed by atoms with Gasteiger partial charge >= 0.3 is 5.97 Å². The summed E-state index contributed by atoms with van der Waals surface area (Å²) < 4.78 is 26.8. The molecule has 0 aromatic heterocycles. The molecule has 0 fully saturated rings. The molecule has 0 aliphatic rings. The molecule has 156 valence electrons. The summed E-state index contributed by atoms with van der Waals surface area (Å²) in [5, 5.41) is 16.0. The molecular weight excluding hydrogens is 400 g/mol. The number of hydrogen-bond donors (Lipinski definition) is 2. The topological polar surface area (TPSA) is 66.4 Å². The van der Waals surface area contributed by atoms with Gasteiger partial charge in [-0.3, -0.25) is 4.79 Å². The maximum atomic E-state index is 13.4. The van der Waals surface area contributed by atoms with Crippen LogP contribution in [0.25, 0.3) is 21.5 Å². The first kappa shape index (κ1) is 20.5. The van der Waals surface area contributed by atoms with Gasteiger partial charge in [0.2, 0.25) is 5.91 Å². The third kappa shape index (κ3) is 4.53. The van der Waals surface area contributed by atoms with Crippen molar-refractivity contribution >= 4 is 33.4 Å². The van der Waals surface area contributed by atoms with E-state index in [1.54, 1.807) is 0 Å². The number of carbonyl (C=O) groups excluding carboxylic acids is 1. The zero-order chi connectivity index (χ0) is 22.0. The predicted octanol–water partition coefficient (Wildman–Crippen LogP) is 4.63. The molecule has 0 aliphatic heterocycles. The van der Waals surface area contributed by atoms with Crippen LogP contribution >= 0.6 is 0 Å². The lowest BCUT2D eigenvalue weighted by Crippen LogP contribution is -2.43. The van der Waals surface area contributed by atoms with Crippen molar-refractivity contribution < 1.29 is 23.5 Å². The van der Waals surface area contributed by atoms with E-state index in [0.717, 1.165) is 39.2 Å². The molecule has 4 aromatic carbocycles. The number of halogens is 2. The molecule has 0 saturated carbocycles. The lowest BCUT2D eigenvalue weighted by molar-refractivity contribution is -0.141. The Morgan fingerprint density at radius 2 is 1.39 bits per heavy atom. The Morgan fingerprint density at radius 1 is 0.839 bits per heavy atom. The quantitative estimate of drug-likeness (QED) is 0.448. The maximum Gasteiger partial charge on any atom is 0.326 e. The van der Waals surface area contributed by atoms with Crippen LogP contribution in [0.15, 0.2) is 72.8 Å². The number of fused-ring (bicyclic) bond motifs is 2. The van der Waals surface area contributed by atoms with Crippen molar-refractivity contribution in [2.45, 2.75) is 18.9 Å². The number of carbonyl (C=O) groups is 2. The van der Waals surface area contributed by atoms with E-state index < -0.39 is 29.6 Å². The van der Waals surface area contributed by atoms with E-state index in [4.69, 9.17) is 0 Å². The third-order valence-electron chi connectivity index (χ3n) is 5.21.